The van der Waals surface area contributed by atoms with Crippen molar-refractivity contribution < 1.29 is 14.3 Å². The van der Waals surface area contributed by atoms with E-state index >= 15 is 0 Å². The summed E-state index contributed by atoms with van der Waals surface area (Å²) in [5.74, 6) is -0.776. The number of benzene rings is 2. The monoisotopic (exact) mass is 410 g/mol. The highest BCUT2D eigenvalue weighted by Crippen LogP contribution is 2.18. The molecule has 0 amide bonds. The van der Waals surface area contributed by atoms with Crippen molar-refractivity contribution in [3.8, 4) is 5.75 Å². The van der Waals surface area contributed by atoms with Crippen molar-refractivity contribution in [3.05, 3.63) is 98.4 Å². The molecule has 0 atom stereocenters. The van der Waals surface area contributed by atoms with Crippen LogP contribution in [0.2, 0.25) is 5.02 Å². The van der Waals surface area contributed by atoms with Crippen LogP contribution in [-0.4, -0.2) is 21.1 Å². The van der Waals surface area contributed by atoms with Crippen LogP contribution in [0.3, 0.4) is 0 Å². The molecule has 0 saturated carbocycles. The smallest absolute Gasteiger partial charge is 0.350 e. The first-order valence-corrected chi connectivity index (χ1v) is 9.36. The molecule has 8 heteroatoms. The van der Waals surface area contributed by atoms with Gasteiger partial charge in [-0.1, -0.05) is 11.6 Å². The van der Waals surface area contributed by atoms with Gasteiger partial charge >= 0.3 is 5.97 Å². The van der Waals surface area contributed by atoms with Gasteiger partial charge in [-0.3, -0.25) is 14.0 Å². The van der Waals surface area contributed by atoms with Crippen LogP contribution in [0.25, 0.3) is 4.96 Å². The van der Waals surface area contributed by atoms with E-state index in [0.29, 0.717) is 21.1 Å². The van der Waals surface area contributed by atoms with Gasteiger partial charge in [-0.2, -0.15) is 0 Å². The molecule has 0 aliphatic carbocycles. The number of nitrogens with zero attached hydrogens (tertiary/aromatic N) is 2. The average molecular weight is 411 g/mol. The molecule has 2 aromatic heterocycles. The topological polar surface area (TPSA) is 77.7 Å². The van der Waals surface area contributed by atoms with Gasteiger partial charge in [-0.25, -0.2) is 9.78 Å². The second kappa shape index (κ2) is 7.38. The highest BCUT2D eigenvalue weighted by atomic mass is 35.5. The van der Waals surface area contributed by atoms with Crippen LogP contribution in [0.4, 0.5) is 0 Å². The largest absolute Gasteiger partial charge is 0.423 e. The fourth-order valence-corrected chi connectivity index (χ4v) is 3.37. The standard InChI is InChI=1S/C20H11ClN2O4S/c21-14-5-1-12(2-6-14)17(24)13-3-7-15(8-4-13)27-19(26)16-11-22-20-23(18(16)25)9-10-28-20/h1-11H. The maximum absolute atomic E-state index is 12.5. The lowest BCUT2D eigenvalue weighted by Gasteiger charge is -2.06. The Hall–Kier alpha value is -3.29. The normalized spacial score (nSPS) is 10.8. The molecule has 4 aromatic rings. The Kier molecular flexibility index (Phi) is 4.77. The number of hydrogen-bond acceptors (Lipinski definition) is 6. The van der Waals surface area contributed by atoms with Crippen LogP contribution in [-0.2, 0) is 0 Å². The molecule has 0 N–H and O–H groups in total. The van der Waals surface area contributed by atoms with Gasteiger partial charge in [0.1, 0.15) is 11.3 Å². The molecule has 0 radical (unpaired) electrons. The number of ether oxygens (including phenoxy) is 1. The van der Waals surface area contributed by atoms with Crippen LogP contribution >= 0.6 is 22.9 Å². The minimum absolute atomic E-state index is 0.169. The molecule has 0 unspecified atom stereocenters. The molecular weight excluding hydrogens is 400 g/mol. The molecule has 0 fully saturated rings. The van der Waals surface area contributed by atoms with E-state index in [4.69, 9.17) is 16.3 Å². The van der Waals surface area contributed by atoms with Crippen LogP contribution in [0.5, 0.6) is 5.75 Å². The molecule has 0 aliphatic heterocycles. The van der Waals surface area contributed by atoms with Crippen molar-refractivity contribution in [3.63, 3.8) is 0 Å². The lowest BCUT2D eigenvalue weighted by atomic mass is 10.0. The van der Waals surface area contributed by atoms with E-state index in [1.807, 2.05) is 0 Å². The number of fused-ring (bicyclic) bond motifs is 1. The van der Waals surface area contributed by atoms with Crippen molar-refractivity contribution in [2.75, 3.05) is 0 Å². The maximum Gasteiger partial charge on any atom is 0.350 e. The molecule has 6 nitrogen and oxygen atoms in total. The van der Waals surface area contributed by atoms with E-state index in [1.54, 1.807) is 48.0 Å². The third-order valence-corrected chi connectivity index (χ3v) is 5.02. The first kappa shape index (κ1) is 18.1. The average Bonchev–Trinajstić information content (AvgIpc) is 3.18. The zero-order valence-corrected chi connectivity index (χ0v) is 15.7. The number of hydrogen-bond donors (Lipinski definition) is 0. The summed E-state index contributed by atoms with van der Waals surface area (Å²) < 4.78 is 6.53. The van der Waals surface area contributed by atoms with E-state index in [9.17, 15) is 14.4 Å². The van der Waals surface area contributed by atoms with Gasteiger partial charge in [0.2, 0.25) is 0 Å². The van der Waals surface area contributed by atoms with Crippen LogP contribution in [0.1, 0.15) is 26.3 Å². The van der Waals surface area contributed by atoms with Gasteiger partial charge in [-0.15, -0.1) is 11.3 Å². The molecule has 0 saturated heterocycles. The summed E-state index contributed by atoms with van der Waals surface area (Å²) in [6, 6.07) is 12.6. The quantitative estimate of drug-likeness (QED) is 0.290. The summed E-state index contributed by atoms with van der Waals surface area (Å²) in [4.78, 5) is 41.7. The van der Waals surface area contributed by atoms with Crippen LogP contribution in [0.15, 0.2) is 71.1 Å². The number of carbonyl (C=O) groups is 2. The number of esters is 1. The second-order valence-electron chi connectivity index (χ2n) is 5.78. The zero-order valence-electron chi connectivity index (χ0n) is 14.2. The van der Waals surface area contributed by atoms with Crippen molar-refractivity contribution in [1.82, 2.24) is 9.38 Å². The van der Waals surface area contributed by atoms with Gasteiger partial charge in [0.05, 0.1) is 6.20 Å². The van der Waals surface area contributed by atoms with Gasteiger partial charge in [-0.05, 0) is 48.5 Å². The highest BCUT2D eigenvalue weighted by Gasteiger charge is 2.16. The summed E-state index contributed by atoms with van der Waals surface area (Å²) in [7, 11) is 0. The lowest BCUT2D eigenvalue weighted by Crippen LogP contribution is -2.24. The predicted octanol–water partition coefficient (Wildman–Crippen LogP) is 3.86. The van der Waals surface area contributed by atoms with E-state index < -0.39 is 11.5 Å². The van der Waals surface area contributed by atoms with E-state index in [-0.39, 0.29) is 17.1 Å². The number of ketones is 1. The first-order chi connectivity index (χ1) is 13.5. The first-order valence-electron chi connectivity index (χ1n) is 8.10. The number of thiazole rings is 1. The Balaban J connectivity index is 1.53. The summed E-state index contributed by atoms with van der Waals surface area (Å²) in [6.45, 7) is 0. The highest BCUT2D eigenvalue weighted by molar-refractivity contribution is 7.15. The molecule has 2 heterocycles. The van der Waals surface area contributed by atoms with Gasteiger partial charge in [0.25, 0.3) is 5.56 Å². The van der Waals surface area contributed by atoms with Gasteiger partial charge in [0.15, 0.2) is 10.7 Å². The Bertz CT molecular complexity index is 1240. The van der Waals surface area contributed by atoms with Crippen LogP contribution in [0, 0.1) is 0 Å². The summed E-state index contributed by atoms with van der Waals surface area (Å²) in [5, 5.41) is 2.25. The van der Waals surface area contributed by atoms with E-state index in [0.717, 1.165) is 0 Å². The molecule has 4 rings (SSSR count). The Morgan fingerprint density at radius 3 is 2.32 bits per heavy atom. The molecular formula is C20H11ClN2O4S. The zero-order chi connectivity index (χ0) is 19.7. The van der Waals surface area contributed by atoms with Crippen molar-refractivity contribution in [2.24, 2.45) is 0 Å². The summed E-state index contributed by atoms with van der Waals surface area (Å²) in [5.41, 5.74) is 0.267. The third kappa shape index (κ3) is 3.45. The van der Waals surface area contributed by atoms with E-state index in [2.05, 4.69) is 4.98 Å². The fourth-order valence-electron chi connectivity index (χ4n) is 2.57. The predicted molar refractivity (Wildman–Crippen MR) is 106 cm³/mol. The number of halogens is 1. The number of rotatable bonds is 4. The third-order valence-electron chi connectivity index (χ3n) is 4.00. The lowest BCUT2D eigenvalue weighted by molar-refractivity contribution is 0.0732. The fraction of sp³-hybridized carbons (Fsp3) is 0. The minimum Gasteiger partial charge on any atom is -0.423 e. The summed E-state index contributed by atoms with van der Waals surface area (Å²) in [6.07, 6.45) is 2.75. The number of aromatic nitrogens is 2. The van der Waals surface area contributed by atoms with E-state index in [1.165, 1.54) is 34.1 Å². The molecule has 2 aromatic carbocycles. The van der Waals surface area contributed by atoms with Gasteiger partial charge < -0.3 is 4.74 Å². The number of carbonyl (C=O) groups excluding carboxylic acids is 2. The molecule has 28 heavy (non-hydrogen) atoms. The minimum atomic E-state index is -0.810. The Labute approximate surface area is 167 Å². The SMILES string of the molecule is O=C(c1ccc(Cl)cc1)c1ccc(OC(=O)c2cnc3sccn3c2=O)cc1. The van der Waals surface area contributed by atoms with Gasteiger partial charge in [0, 0.05) is 27.7 Å². The van der Waals surface area contributed by atoms with Crippen molar-refractivity contribution in [2.45, 2.75) is 0 Å². The van der Waals surface area contributed by atoms with Crippen LogP contribution < -0.4 is 10.3 Å². The molecule has 138 valence electrons. The molecule has 0 aliphatic rings. The van der Waals surface area contributed by atoms with Crippen molar-refractivity contribution >= 4 is 39.7 Å². The molecule has 0 bridgehead atoms. The Morgan fingerprint density at radius 1 is 1.00 bits per heavy atom. The summed E-state index contributed by atoms with van der Waals surface area (Å²) >= 11 is 7.12. The Morgan fingerprint density at radius 2 is 1.64 bits per heavy atom. The maximum atomic E-state index is 12.5. The van der Waals surface area contributed by atoms with Crippen molar-refractivity contribution in [1.29, 1.82) is 0 Å². The second-order valence-corrected chi connectivity index (χ2v) is 7.09. The molecule has 0 spiro atoms.